The van der Waals surface area contributed by atoms with Crippen molar-refractivity contribution in [1.29, 1.82) is 0 Å². The molecule has 1 fully saturated rings. The fourth-order valence-electron chi connectivity index (χ4n) is 3.29. The van der Waals surface area contributed by atoms with E-state index in [9.17, 15) is 14.9 Å². The zero-order chi connectivity index (χ0) is 18.6. The van der Waals surface area contributed by atoms with E-state index < -0.39 is 4.92 Å². The first-order valence-corrected chi connectivity index (χ1v) is 8.54. The maximum Gasteiger partial charge on any atom is 0.312 e. The predicted octanol–water partition coefficient (Wildman–Crippen LogP) is 0.977. The summed E-state index contributed by atoms with van der Waals surface area (Å²) in [6.07, 6.45) is 0.296. The summed E-state index contributed by atoms with van der Waals surface area (Å²) in [5.41, 5.74) is 0.913. The van der Waals surface area contributed by atoms with Crippen LogP contribution in [-0.4, -0.2) is 76.3 Å². The van der Waals surface area contributed by atoms with Crippen molar-refractivity contribution < 1.29 is 14.5 Å². The Bertz CT molecular complexity index is 630. The zero-order valence-electron chi connectivity index (χ0n) is 15.4. The summed E-state index contributed by atoms with van der Waals surface area (Å²) in [5, 5.41) is 15.2. The number of aryl methyl sites for hydroxylation is 2. The molecule has 0 radical (unpaired) electrons. The Morgan fingerprint density at radius 3 is 2.64 bits per heavy atom. The van der Waals surface area contributed by atoms with Gasteiger partial charge in [-0.1, -0.05) is 0 Å². The Morgan fingerprint density at radius 1 is 1.36 bits per heavy atom. The van der Waals surface area contributed by atoms with Crippen molar-refractivity contribution >= 4 is 11.6 Å². The Labute approximate surface area is 147 Å². The van der Waals surface area contributed by atoms with Crippen molar-refractivity contribution in [1.82, 2.24) is 19.6 Å². The third kappa shape index (κ3) is 4.55. The van der Waals surface area contributed by atoms with E-state index in [1.165, 1.54) is 0 Å². The van der Waals surface area contributed by atoms with Gasteiger partial charge < -0.3 is 9.64 Å². The van der Waals surface area contributed by atoms with Gasteiger partial charge in [-0.05, 0) is 20.8 Å². The number of hydrogen-bond acceptors (Lipinski definition) is 6. The summed E-state index contributed by atoms with van der Waals surface area (Å²) in [5.74, 6) is 0.0634. The second kappa shape index (κ2) is 8.39. The molecule has 0 N–H and O–H groups in total. The number of carbonyl (C=O) groups is 1. The Hall–Kier alpha value is -2.00. The number of methoxy groups -OCH3 is 1. The highest BCUT2D eigenvalue weighted by molar-refractivity contribution is 5.76. The van der Waals surface area contributed by atoms with Gasteiger partial charge in [0.1, 0.15) is 11.4 Å². The van der Waals surface area contributed by atoms with Crippen molar-refractivity contribution in [2.45, 2.75) is 39.8 Å². The van der Waals surface area contributed by atoms with Gasteiger partial charge in [-0.2, -0.15) is 5.10 Å². The molecule has 1 saturated heterocycles. The monoisotopic (exact) mass is 353 g/mol. The second-order valence-electron chi connectivity index (χ2n) is 6.47. The lowest BCUT2D eigenvalue weighted by atomic mass is 10.2. The summed E-state index contributed by atoms with van der Waals surface area (Å²) in [6, 6.07) is 0.294. The van der Waals surface area contributed by atoms with E-state index in [0.29, 0.717) is 50.1 Å². The largest absolute Gasteiger partial charge is 0.383 e. The standard InChI is InChI=1S/C16H27N5O4/c1-12-11-19(8-7-18(12)9-10-25-4)15(22)5-6-20-14(3)16(21(23)24)13(2)17-20/h12H,5-11H2,1-4H3. The maximum atomic E-state index is 12.5. The van der Waals surface area contributed by atoms with Crippen molar-refractivity contribution in [3.8, 4) is 0 Å². The van der Waals surface area contributed by atoms with Crippen LogP contribution in [0.25, 0.3) is 0 Å². The number of nitrogens with zero attached hydrogens (tertiary/aromatic N) is 5. The lowest BCUT2D eigenvalue weighted by Gasteiger charge is -2.39. The summed E-state index contributed by atoms with van der Waals surface area (Å²) in [6.45, 7) is 9.54. The van der Waals surface area contributed by atoms with Crippen LogP contribution < -0.4 is 0 Å². The predicted molar refractivity (Wildman–Crippen MR) is 92.5 cm³/mol. The van der Waals surface area contributed by atoms with Gasteiger partial charge >= 0.3 is 5.69 Å². The van der Waals surface area contributed by atoms with Crippen LogP contribution in [0.5, 0.6) is 0 Å². The van der Waals surface area contributed by atoms with Gasteiger partial charge in [-0.25, -0.2) is 0 Å². The molecule has 1 atom stereocenters. The zero-order valence-corrected chi connectivity index (χ0v) is 15.4. The van der Waals surface area contributed by atoms with E-state index in [4.69, 9.17) is 4.74 Å². The van der Waals surface area contributed by atoms with E-state index in [2.05, 4.69) is 16.9 Å². The maximum absolute atomic E-state index is 12.5. The van der Waals surface area contributed by atoms with Crippen LogP contribution in [0, 0.1) is 24.0 Å². The molecule has 1 aliphatic heterocycles. The summed E-state index contributed by atoms with van der Waals surface area (Å²) < 4.78 is 6.67. The van der Waals surface area contributed by atoms with Crippen molar-refractivity contribution in [2.24, 2.45) is 0 Å². The SMILES string of the molecule is COCCN1CCN(C(=O)CCn2nc(C)c([N+](=O)[O-])c2C)CC1C. The highest BCUT2D eigenvalue weighted by Crippen LogP contribution is 2.22. The molecule has 1 aromatic rings. The van der Waals surface area contributed by atoms with Crippen LogP contribution >= 0.6 is 0 Å². The number of carbonyl (C=O) groups excluding carboxylic acids is 1. The molecule has 9 heteroatoms. The summed E-state index contributed by atoms with van der Waals surface area (Å²) in [7, 11) is 1.69. The number of amides is 1. The summed E-state index contributed by atoms with van der Waals surface area (Å²) in [4.78, 5) is 27.3. The smallest absolute Gasteiger partial charge is 0.312 e. The van der Waals surface area contributed by atoms with Gasteiger partial charge in [0.15, 0.2) is 0 Å². The molecule has 0 aliphatic carbocycles. The van der Waals surface area contributed by atoms with Crippen LogP contribution in [0.3, 0.4) is 0 Å². The third-order valence-corrected chi connectivity index (χ3v) is 4.76. The molecule has 0 saturated carbocycles. The molecule has 140 valence electrons. The molecule has 2 heterocycles. The third-order valence-electron chi connectivity index (χ3n) is 4.76. The van der Waals surface area contributed by atoms with E-state index in [0.717, 1.165) is 13.1 Å². The molecule has 1 aromatic heterocycles. The lowest BCUT2D eigenvalue weighted by molar-refractivity contribution is -0.386. The average Bonchev–Trinajstić information content (AvgIpc) is 2.85. The minimum atomic E-state index is -0.420. The minimum absolute atomic E-state index is 0.0350. The molecule has 0 spiro atoms. The molecule has 1 amide bonds. The highest BCUT2D eigenvalue weighted by atomic mass is 16.6. The van der Waals surface area contributed by atoms with Gasteiger partial charge in [0.25, 0.3) is 0 Å². The molecule has 0 aromatic carbocycles. The molecule has 0 bridgehead atoms. The van der Waals surface area contributed by atoms with Crippen LogP contribution in [0.1, 0.15) is 24.7 Å². The van der Waals surface area contributed by atoms with Crippen LogP contribution in [0.2, 0.25) is 0 Å². The highest BCUT2D eigenvalue weighted by Gasteiger charge is 2.27. The van der Waals surface area contributed by atoms with Crippen LogP contribution in [0.15, 0.2) is 0 Å². The average molecular weight is 353 g/mol. The van der Waals surface area contributed by atoms with E-state index in [1.54, 1.807) is 25.6 Å². The number of nitro groups is 1. The van der Waals surface area contributed by atoms with E-state index in [-0.39, 0.29) is 11.6 Å². The fraction of sp³-hybridized carbons (Fsp3) is 0.750. The first kappa shape index (κ1) is 19.3. The van der Waals surface area contributed by atoms with E-state index in [1.807, 2.05) is 4.90 Å². The van der Waals surface area contributed by atoms with Gasteiger partial charge in [0, 0.05) is 45.8 Å². The Kier molecular flexibility index (Phi) is 6.49. The molecule has 25 heavy (non-hydrogen) atoms. The molecule has 9 nitrogen and oxygen atoms in total. The second-order valence-corrected chi connectivity index (χ2v) is 6.47. The molecular formula is C16H27N5O4. The molecule has 1 unspecified atom stereocenters. The number of aromatic nitrogens is 2. The number of rotatable bonds is 7. The lowest BCUT2D eigenvalue weighted by Crippen LogP contribution is -2.54. The van der Waals surface area contributed by atoms with Crippen molar-refractivity contribution in [2.75, 3.05) is 39.9 Å². The van der Waals surface area contributed by atoms with Crippen LogP contribution in [0.4, 0.5) is 5.69 Å². The molecular weight excluding hydrogens is 326 g/mol. The van der Waals surface area contributed by atoms with Gasteiger partial charge in [0.05, 0.1) is 18.1 Å². The Morgan fingerprint density at radius 2 is 2.08 bits per heavy atom. The van der Waals surface area contributed by atoms with Crippen LogP contribution in [-0.2, 0) is 16.1 Å². The first-order chi connectivity index (χ1) is 11.8. The van der Waals surface area contributed by atoms with Crippen molar-refractivity contribution in [3.05, 3.63) is 21.5 Å². The fourth-order valence-corrected chi connectivity index (χ4v) is 3.29. The number of hydrogen-bond donors (Lipinski definition) is 0. The van der Waals surface area contributed by atoms with Crippen molar-refractivity contribution in [3.63, 3.8) is 0 Å². The molecule has 1 aliphatic rings. The van der Waals surface area contributed by atoms with Gasteiger partial charge in [0.2, 0.25) is 5.91 Å². The molecule has 2 rings (SSSR count). The van der Waals surface area contributed by atoms with Gasteiger partial charge in [-0.15, -0.1) is 0 Å². The quantitative estimate of drug-likeness (QED) is 0.536. The normalized spacial score (nSPS) is 18.6. The Balaban J connectivity index is 1.89. The topological polar surface area (TPSA) is 93.7 Å². The number of piperazine rings is 1. The van der Waals surface area contributed by atoms with Gasteiger partial charge in [-0.3, -0.25) is 24.5 Å². The number of ether oxygens (including phenoxy) is 1. The summed E-state index contributed by atoms with van der Waals surface area (Å²) >= 11 is 0. The van der Waals surface area contributed by atoms with E-state index >= 15 is 0 Å². The first-order valence-electron chi connectivity index (χ1n) is 8.54. The minimum Gasteiger partial charge on any atom is -0.383 e.